The molecule has 3 fully saturated rings. The summed E-state index contributed by atoms with van der Waals surface area (Å²) < 4.78 is 21.4. The summed E-state index contributed by atoms with van der Waals surface area (Å²) in [5, 5.41) is 10.1. The minimum Gasteiger partial charge on any atom is -0.396 e. The second kappa shape index (κ2) is 6.98. The van der Waals surface area contributed by atoms with E-state index in [1.807, 2.05) is 23.5 Å². The quantitative estimate of drug-likeness (QED) is 0.804. The lowest BCUT2D eigenvalue weighted by atomic mass is 9.83. The molecule has 1 spiro atoms. The van der Waals surface area contributed by atoms with E-state index in [0.717, 1.165) is 19.6 Å². The molecule has 3 saturated heterocycles. The fraction of sp³-hybridized carbons (Fsp3) is 0.632. The first-order valence-corrected chi connectivity index (χ1v) is 10.6. The van der Waals surface area contributed by atoms with E-state index >= 15 is 0 Å². The van der Waals surface area contributed by atoms with Crippen molar-refractivity contribution in [2.75, 3.05) is 37.7 Å². The highest BCUT2D eigenvalue weighted by atomic mass is 32.1. The van der Waals surface area contributed by atoms with Crippen LogP contribution in [0.15, 0.2) is 18.0 Å². The van der Waals surface area contributed by atoms with Crippen molar-refractivity contribution in [3.05, 3.63) is 34.4 Å². The van der Waals surface area contributed by atoms with E-state index in [-0.39, 0.29) is 30.4 Å². The van der Waals surface area contributed by atoms with Gasteiger partial charge in [-0.25, -0.2) is 14.4 Å². The molecular weight excluding hydrogens is 381 g/mol. The third-order valence-corrected chi connectivity index (χ3v) is 7.18. The molecule has 0 radical (unpaired) electrons. The summed E-state index contributed by atoms with van der Waals surface area (Å²) in [6.45, 7) is 5.59. The number of aliphatic hydroxyl groups excluding tert-OH is 1. The van der Waals surface area contributed by atoms with Crippen LogP contribution in [0.2, 0.25) is 0 Å². The molecule has 4 atom stereocenters. The first-order valence-electron chi connectivity index (χ1n) is 9.76. The lowest BCUT2D eigenvalue weighted by molar-refractivity contribution is -0.0648. The van der Waals surface area contributed by atoms with Gasteiger partial charge in [-0.1, -0.05) is 6.92 Å². The monoisotopic (exact) mass is 405 g/mol. The largest absolute Gasteiger partial charge is 0.396 e. The minimum absolute atomic E-state index is 0.0620. The van der Waals surface area contributed by atoms with Crippen LogP contribution in [0.25, 0.3) is 0 Å². The molecule has 7 nitrogen and oxygen atoms in total. The molecule has 5 rings (SSSR count). The molecule has 2 aromatic heterocycles. The summed E-state index contributed by atoms with van der Waals surface area (Å²) in [7, 11) is 0. The molecule has 2 aromatic rings. The van der Waals surface area contributed by atoms with E-state index in [0.29, 0.717) is 31.0 Å². The number of halogens is 1. The summed E-state index contributed by atoms with van der Waals surface area (Å²) in [5.74, 6) is 0.319. The first kappa shape index (κ1) is 18.4. The van der Waals surface area contributed by atoms with Crippen LogP contribution in [0.3, 0.4) is 0 Å². The van der Waals surface area contributed by atoms with Crippen molar-refractivity contribution in [2.24, 2.45) is 11.8 Å². The summed E-state index contributed by atoms with van der Waals surface area (Å²) in [5.41, 5.74) is 1.89. The van der Waals surface area contributed by atoms with Crippen molar-refractivity contribution in [3.8, 4) is 0 Å². The maximum Gasteiger partial charge on any atom is 0.187 e. The molecule has 150 valence electrons. The highest BCUT2D eigenvalue weighted by molar-refractivity contribution is 7.09. The van der Waals surface area contributed by atoms with Crippen LogP contribution in [0.5, 0.6) is 0 Å². The van der Waals surface area contributed by atoms with E-state index in [4.69, 9.17) is 4.74 Å². The van der Waals surface area contributed by atoms with Gasteiger partial charge in [0.15, 0.2) is 11.6 Å². The van der Waals surface area contributed by atoms with Crippen LogP contribution >= 0.6 is 11.3 Å². The number of thiazole rings is 1. The maximum atomic E-state index is 14.9. The topological polar surface area (TPSA) is 74.6 Å². The first-order chi connectivity index (χ1) is 13.6. The van der Waals surface area contributed by atoms with Gasteiger partial charge >= 0.3 is 0 Å². The molecule has 0 aromatic carbocycles. The van der Waals surface area contributed by atoms with Gasteiger partial charge in [0.2, 0.25) is 0 Å². The number of aromatic nitrogens is 3. The van der Waals surface area contributed by atoms with E-state index in [1.165, 1.54) is 11.2 Å². The van der Waals surface area contributed by atoms with Gasteiger partial charge in [-0.05, 0) is 6.42 Å². The molecule has 0 amide bonds. The molecule has 0 unspecified atom stereocenters. The second-order valence-corrected chi connectivity index (χ2v) is 8.97. The molecule has 3 aliphatic rings. The number of likely N-dealkylation sites (tertiary alicyclic amines) is 1. The van der Waals surface area contributed by atoms with Gasteiger partial charge in [-0.2, -0.15) is 0 Å². The van der Waals surface area contributed by atoms with E-state index < -0.39 is 5.60 Å². The molecule has 0 aliphatic carbocycles. The maximum absolute atomic E-state index is 14.9. The van der Waals surface area contributed by atoms with Crippen LogP contribution in [-0.4, -0.2) is 69.4 Å². The number of anilines is 1. The number of hydrogen-bond acceptors (Lipinski definition) is 8. The van der Waals surface area contributed by atoms with Crippen LogP contribution in [0.4, 0.5) is 10.2 Å². The van der Waals surface area contributed by atoms with Gasteiger partial charge in [-0.3, -0.25) is 9.88 Å². The number of aliphatic hydroxyl groups is 1. The number of nitrogens with zero attached hydrogens (tertiary/aromatic N) is 5. The smallest absolute Gasteiger partial charge is 0.187 e. The third kappa shape index (κ3) is 2.83. The van der Waals surface area contributed by atoms with Crippen LogP contribution in [-0.2, 0) is 17.7 Å². The van der Waals surface area contributed by atoms with Gasteiger partial charge in [-0.15, -0.1) is 11.3 Å². The van der Waals surface area contributed by atoms with Gasteiger partial charge in [0.1, 0.15) is 11.9 Å². The zero-order valence-corrected chi connectivity index (χ0v) is 16.6. The van der Waals surface area contributed by atoms with Gasteiger partial charge in [0.25, 0.3) is 0 Å². The second-order valence-electron chi connectivity index (χ2n) is 8.00. The van der Waals surface area contributed by atoms with Crippen molar-refractivity contribution >= 4 is 17.2 Å². The highest BCUT2D eigenvalue weighted by Crippen LogP contribution is 2.50. The Morgan fingerprint density at radius 2 is 2.25 bits per heavy atom. The lowest BCUT2D eigenvalue weighted by Crippen LogP contribution is -2.54. The van der Waals surface area contributed by atoms with Crippen LogP contribution in [0, 0.1) is 17.7 Å². The van der Waals surface area contributed by atoms with Crippen molar-refractivity contribution < 1.29 is 14.2 Å². The van der Waals surface area contributed by atoms with Crippen molar-refractivity contribution in [1.29, 1.82) is 0 Å². The number of ether oxygens (including phenoxy) is 1. The Bertz CT molecular complexity index is 853. The highest BCUT2D eigenvalue weighted by Gasteiger charge is 2.62. The Hall–Kier alpha value is -1.68. The Balaban J connectivity index is 1.43. The Labute approximate surface area is 167 Å². The van der Waals surface area contributed by atoms with Gasteiger partial charge in [0, 0.05) is 55.7 Å². The molecular formula is C19H24FN5O2S. The summed E-state index contributed by atoms with van der Waals surface area (Å²) >= 11 is 1.65. The third-order valence-electron chi connectivity index (χ3n) is 6.41. The number of hydrogen-bond donors (Lipinski definition) is 1. The number of rotatable bonds is 5. The summed E-state index contributed by atoms with van der Waals surface area (Å²) in [6, 6.07) is 0. The molecule has 9 heteroatoms. The Kier molecular flexibility index (Phi) is 4.58. The normalized spacial score (nSPS) is 32.1. The minimum atomic E-state index is -0.398. The molecule has 3 aliphatic heterocycles. The van der Waals surface area contributed by atoms with E-state index in [9.17, 15) is 9.50 Å². The SMILES string of the molecule is CCc1ncnc(N2C[C@H]3O[C@@]4(CN(Cc5cncs5)C[C@@H]4[C@@H]3CO)C2)c1F. The van der Waals surface area contributed by atoms with Crippen molar-refractivity contribution in [1.82, 2.24) is 19.9 Å². The van der Waals surface area contributed by atoms with Crippen LogP contribution in [0.1, 0.15) is 17.5 Å². The Morgan fingerprint density at radius 1 is 1.36 bits per heavy atom. The lowest BCUT2D eigenvalue weighted by Gasteiger charge is -2.41. The van der Waals surface area contributed by atoms with Crippen molar-refractivity contribution in [2.45, 2.75) is 31.6 Å². The van der Waals surface area contributed by atoms with E-state index in [2.05, 4.69) is 19.9 Å². The van der Waals surface area contributed by atoms with Crippen LogP contribution < -0.4 is 4.90 Å². The number of aryl methyl sites for hydroxylation is 1. The molecule has 0 saturated carbocycles. The summed E-state index contributed by atoms with van der Waals surface area (Å²) in [4.78, 5) is 18.1. The summed E-state index contributed by atoms with van der Waals surface area (Å²) in [6.07, 6.45) is 3.77. The van der Waals surface area contributed by atoms with Gasteiger partial charge < -0.3 is 14.7 Å². The standard InChI is InChI=1S/C19H24FN5O2S/c1-2-15-17(20)18(23-10-22-15)25-6-16-13(7-26)14-5-24(4-12-3-21-11-28-12)8-19(14,9-25)27-16/h3,10-11,13-14,16,26H,2,4-9H2,1H3/t13-,14+,16+,19-/m0/s1. The predicted molar refractivity (Wildman–Crippen MR) is 103 cm³/mol. The molecule has 28 heavy (non-hydrogen) atoms. The average molecular weight is 405 g/mol. The predicted octanol–water partition coefficient (Wildman–Crippen LogP) is 1.33. The number of fused-ring (bicyclic) bond motifs is 1. The van der Waals surface area contributed by atoms with E-state index in [1.54, 1.807) is 11.3 Å². The average Bonchev–Trinajstić information content (AvgIpc) is 3.35. The number of morpholine rings is 1. The fourth-order valence-electron chi connectivity index (χ4n) is 5.21. The van der Waals surface area contributed by atoms with Gasteiger partial charge in [0.05, 0.1) is 23.9 Å². The van der Waals surface area contributed by atoms with Crippen molar-refractivity contribution in [3.63, 3.8) is 0 Å². The molecule has 2 bridgehead atoms. The zero-order chi connectivity index (χ0) is 19.3. The molecule has 5 heterocycles. The zero-order valence-electron chi connectivity index (χ0n) is 15.8. The fourth-order valence-corrected chi connectivity index (χ4v) is 5.85. The Morgan fingerprint density at radius 3 is 3.00 bits per heavy atom. The molecule has 1 N–H and O–H groups in total.